The molecule has 0 spiro atoms. The maximum absolute atomic E-state index is 5.37. The fourth-order valence-corrected chi connectivity index (χ4v) is 13.2. The topological polar surface area (TPSA) is 19.4 Å². The van der Waals surface area contributed by atoms with Crippen molar-refractivity contribution in [1.29, 1.82) is 0 Å². The predicted molar refractivity (Wildman–Crippen MR) is 278 cm³/mol. The van der Waals surface area contributed by atoms with Crippen LogP contribution in [0.5, 0.6) is 0 Å². The van der Waals surface area contributed by atoms with Gasteiger partial charge in [-0.2, -0.15) is 0 Å². The molecule has 0 fully saturated rings. The Morgan fingerprint density at radius 1 is 0.412 bits per heavy atom. The third-order valence-corrected chi connectivity index (χ3v) is 16.4. The molecule has 3 nitrogen and oxygen atoms in total. The first-order valence-electron chi connectivity index (χ1n) is 24.2. The highest BCUT2D eigenvalue weighted by molar-refractivity contribution is 5.89. The summed E-state index contributed by atoms with van der Waals surface area (Å²) in [7, 11) is 2.23. The Balaban J connectivity index is 1.13. The second-order valence-electron chi connectivity index (χ2n) is 19.7. The van der Waals surface area contributed by atoms with Crippen molar-refractivity contribution in [2.24, 2.45) is 0 Å². The van der Waals surface area contributed by atoms with Crippen molar-refractivity contribution >= 4 is 0 Å². The van der Waals surface area contributed by atoms with E-state index >= 15 is 0 Å². The van der Waals surface area contributed by atoms with Crippen LogP contribution < -0.4 is 0 Å². The molecule has 2 heterocycles. The number of hydrogen-bond acceptors (Lipinski definition) is 3. The third-order valence-electron chi connectivity index (χ3n) is 16.4. The van der Waals surface area contributed by atoms with Gasteiger partial charge in [0.15, 0.2) is 0 Å². The number of rotatable bonds is 7. The van der Waals surface area contributed by atoms with Gasteiger partial charge >= 0.3 is 0 Å². The van der Waals surface area contributed by atoms with Crippen LogP contribution in [0.25, 0.3) is 33.4 Å². The lowest BCUT2D eigenvalue weighted by atomic mass is 9.64. The Hall–Kier alpha value is -7.75. The smallest absolute Gasteiger partial charge is 0.119 e. The first-order valence-corrected chi connectivity index (χ1v) is 24.2. The monoisotopic (exact) mass is 875 g/mol. The van der Waals surface area contributed by atoms with Gasteiger partial charge in [-0.3, -0.25) is 4.98 Å². The van der Waals surface area contributed by atoms with E-state index in [9.17, 15) is 0 Å². The molecule has 1 aromatic heterocycles. The van der Waals surface area contributed by atoms with Crippen LogP contribution in [0.4, 0.5) is 0 Å². The second kappa shape index (κ2) is 14.9. The number of pyridine rings is 1. The molecule has 8 aromatic carbocycles. The molecule has 0 radical (unpaired) electrons. The van der Waals surface area contributed by atoms with Crippen LogP contribution in [0, 0.1) is 0 Å². The van der Waals surface area contributed by atoms with Gasteiger partial charge in [0, 0.05) is 24.6 Å². The number of nitrogens with zero attached hydrogens (tertiary/aromatic N) is 3. The minimum absolute atomic E-state index is 0.348. The number of fused-ring (bicyclic) bond motifs is 9. The highest BCUT2D eigenvalue weighted by Crippen LogP contribution is 2.61. The average molecular weight is 876 g/mol. The van der Waals surface area contributed by atoms with Crippen LogP contribution in [0.2, 0.25) is 0 Å². The molecular weight excluding hydrogens is 823 g/mol. The van der Waals surface area contributed by atoms with E-state index in [4.69, 9.17) is 4.98 Å². The van der Waals surface area contributed by atoms with E-state index in [1.807, 2.05) is 6.20 Å². The molecule has 0 saturated heterocycles. The molecule has 0 atom stereocenters. The third kappa shape index (κ3) is 5.17. The molecule has 13 rings (SSSR count). The largest absolute Gasteiger partial charge is 0.359 e. The Kier molecular flexibility index (Phi) is 8.86. The average Bonchev–Trinajstić information content (AvgIpc) is 4.06. The maximum atomic E-state index is 5.37. The number of benzene rings is 8. The summed E-state index contributed by atoms with van der Waals surface area (Å²) in [6.07, 6.45) is 2.03. The summed E-state index contributed by atoms with van der Waals surface area (Å²) < 4.78 is 0. The lowest BCUT2D eigenvalue weighted by molar-refractivity contribution is 0.181. The van der Waals surface area contributed by atoms with Gasteiger partial charge in [0.1, 0.15) is 5.54 Å². The highest BCUT2D eigenvalue weighted by atomic mass is 15.4. The molecule has 0 amide bonds. The fraction of sp³-hybridized carbons (Fsp3) is 0.154. The summed E-state index contributed by atoms with van der Waals surface area (Å²) in [6, 6.07) is 78.5. The molecule has 0 unspecified atom stereocenters. The molecule has 328 valence electrons. The molecule has 9 aromatic rings. The normalized spacial score (nSPS) is 16.3. The Morgan fingerprint density at radius 3 is 1.24 bits per heavy atom. The van der Waals surface area contributed by atoms with E-state index in [0.29, 0.717) is 5.92 Å². The van der Waals surface area contributed by atoms with Crippen LogP contribution in [-0.2, 0) is 16.4 Å². The van der Waals surface area contributed by atoms with Gasteiger partial charge < -0.3 is 9.80 Å². The summed E-state index contributed by atoms with van der Waals surface area (Å²) in [6.45, 7) is 9.92. The van der Waals surface area contributed by atoms with Gasteiger partial charge in [0.05, 0.1) is 23.2 Å². The summed E-state index contributed by atoms with van der Waals surface area (Å²) in [5, 5.41) is 0. The minimum Gasteiger partial charge on any atom is -0.359 e. The van der Waals surface area contributed by atoms with Gasteiger partial charge in [0.2, 0.25) is 0 Å². The predicted octanol–water partition coefficient (Wildman–Crippen LogP) is 14.7. The number of allylic oxidation sites excluding steroid dienone is 2. The number of hydrogen-bond donors (Lipinski definition) is 0. The van der Waals surface area contributed by atoms with E-state index in [0.717, 1.165) is 12.4 Å². The van der Waals surface area contributed by atoms with E-state index in [-0.39, 0.29) is 0 Å². The van der Waals surface area contributed by atoms with Gasteiger partial charge in [0.25, 0.3) is 0 Å². The first-order chi connectivity index (χ1) is 33.3. The summed E-state index contributed by atoms with van der Waals surface area (Å²) in [4.78, 5) is 10.4. The van der Waals surface area contributed by atoms with Gasteiger partial charge in [-0.25, -0.2) is 0 Å². The van der Waals surface area contributed by atoms with Crippen molar-refractivity contribution in [3.05, 3.63) is 291 Å². The molecule has 1 aliphatic heterocycles. The van der Waals surface area contributed by atoms with Crippen molar-refractivity contribution in [2.45, 2.75) is 50.0 Å². The van der Waals surface area contributed by atoms with Gasteiger partial charge in [-0.15, -0.1) is 0 Å². The lowest BCUT2D eigenvalue weighted by Gasteiger charge is -2.44. The van der Waals surface area contributed by atoms with Crippen molar-refractivity contribution in [1.82, 2.24) is 14.8 Å². The SMILES string of the molecule is CC1=C(C)N(C2(c3cccc(C4(c5cccc(C6(c7cc(C(C)C)ccn7)c7ccccc7-c7ccccc76)c5)c5ccccc5-c5ccccc54)c3)c3ccccc3-c3ccccc32)CN1C. The zero-order chi connectivity index (χ0) is 45.9. The van der Waals surface area contributed by atoms with Crippen molar-refractivity contribution in [2.75, 3.05) is 13.7 Å². The van der Waals surface area contributed by atoms with Gasteiger partial charge in [-0.1, -0.05) is 208 Å². The summed E-state index contributed by atoms with van der Waals surface area (Å²) >= 11 is 0. The molecule has 3 aliphatic carbocycles. The van der Waals surface area contributed by atoms with Crippen molar-refractivity contribution < 1.29 is 0 Å². The van der Waals surface area contributed by atoms with Crippen molar-refractivity contribution in [3.63, 3.8) is 0 Å². The van der Waals surface area contributed by atoms with Crippen LogP contribution >= 0.6 is 0 Å². The van der Waals surface area contributed by atoms with E-state index < -0.39 is 16.4 Å². The molecule has 68 heavy (non-hydrogen) atoms. The number of aromatic nitrogens is 1. The van der Waals surface area contributed by atoms with Crippen LogP contribution in [0.1, 0.15) is 101 Å². The quantitative estimate of drug-likeness (QED) is 0.159. The Labute approximate surface area is 400 Å². The summed E-state index contributed by atoms with van der Waals surface area (Å²) in [5.74, 6) is 0.348. The molecule has 4 aliphatic rings. The van der Waals surface area contributed by atoms with E-state index in [2.05, 4.69) is 251 Å². The van der Waals surface area contributed by atoms with Crippen LogP contribution in [-0.4, -0.2) is 28.5 Å². The highest BCUT2D eigenvalue weighted by Gasteiger charge is 2.54. The standard InChI is InChI=1S/C65H53N3/c1-42(2)45-36-37-66-62(38-45)64(58-32-14-8-26-52(58)53-27-9-15-33-59(53)64)48-22-18-20-46(39-48)63(56-30-12-6-24-50(56)51-25-7-13-31-57(51)63)47-21-19-23-49(40-47)65(68-41-67(5)43(3)44(68)4)60-34-16-10-28-54(60)55-29-11-17-35-61(55)65/h6-40,42H,41H2,1-5H3. The molecular formula is C65H53N3. The van der Waals surface area contributed by atoms with Crippen molar-refractivity contribution in [3.8, 4) is 33.4 Å². The maximum Gasteiger partial charge on any atom is 0.119 e. The first kappa shape index (κ1) is 40.5. The molecule has 0 saturated carbocycles. The Morgan fingerprint density at radius 2 is 0.794 bits per heavy atom. The van der Waals surface area contributed by atoms with Gasteiger partial charge in [-0.05, 0) is 126 Å². The van der Waals surface area contributed by atoms with Crippen LogP contribution in [0.15, 0.2) is 224 Å². The van der Waals surface area contributed by atoms with E-state index in [1.54, 1.807) is 0 Å². The van der Waals surface area contributed by atoms with E-state index in [1.165, 1.54) is 106 Å². The fourth-order valence-electron chi connectivity index (χ4n) is 13.2. The lowest BCUT2D eigenvalue weighted by Crippen LogP contribution is -2.46. The zero-order valence-corrected chi connectivity index (χ0v) is 39.3. The minimum atomic E-state index is -0.674. The molecule has 0 bridgehead atoms. The molecule has 0 N–H and O–H groups in total. The zero-order valence-electron chi connectivity index (χ0n) is 39.3. The van der Waals surface area contributed by atoms with Crippen LogP contribution in [0.3, 0.4) is 0 Å². The second-order valence-corrected chi connectivity index (χ2v) is 19.7. The Bertz CT molecular complexity index is 3420. The molecule has 3 heteroatoms. The summed E-state index contributed by atoms with van der Waals surface area (Å²) in [5.41, 5.74) is 23.4.